The second kappa shape index (κ2) is 9.12. The lowest BCUT2D eigenvalue weighted by Crippen LogP contribution is -2.19. The van der Waals surface area contributed by atoms with Crippen LogP contribution in [0.2, 0.25) is 0 Å². The number of hydrogen-bond acceptors (Lipinski definition) is 1. The second-order valence-corrected chi connectivity index (χ2v) is 9.61. The molecular weight excluding hydrogens is 395 g/mol. The Balaban J connectivity index is 1.71. The van der Waals surface area contributed by atoms with Gasteiger partial charge in [-0.15, -0.1) is 0 Å². The smallest absolute Gasteiger partial charge is 0.0378 e. The molecule has 31 heavy (non-hydrogen) atoms. The van der Waals surface area contributed by atoms with E-state index in [2.05, 4.69) is 120 Å². The van der Waals surface area contributed by atoms with Crippen LogP contribution in [0.25, 0.3) is 5.32 Å². The lowest BCUT2D eigenvalue weighted by Gasteiger charge is -2.33. The fraction of sp³-hybridized carbons (Fsp3) is 0.0357. The molecule has 0 saturated carbocycles. The van der Waals surface area contributed by atoms with Gasteiger partial charge in [0.1, 0.15) is 0 Å². The van der Waals surface area contributed by atoms with E-state index in [1.165, 1.54) is 21.7 Å². The first-order chi connectivity index (χ1) is 15.4. The average molecular weight is 417 g/mol. The third kappa shape index (κ3) is 4.08. The van der Waals surface area contributed by atoms with Gasteiger partial charge in [0.05, 0.1) is 0 Å². The molecule has 2 aliphatic rings. The minimum Gasteiger partial charge on any atom is -0.442 e. The zero-order chi connectivity index (χ0) is 20.9. The van der Waals surface area contributed by atoms with Gasteiger partial charge < -0.3 is 10.3 Å². The largest absolute Gasteiger partial charge is 0.442 e. The molecule has 3 aromatic rings. The Kier molecular flexibility index (Phi) is 5.73. The summed E-state index contributed by atoms with van der Waals surface area (Å²) in [5, 5.41) is 7.28. The van der Waals surface area contributed by atoms with Gasteiger partial charge in [0, 0.05) is 5.66 Å². The number of aliphatic imine (C=N–C) groups is 1. The Bertz CT molecular complexity index is 1150. The van der Waals surface area contributed by atoms with Crippen molar-refractivity contribution >= 4 is 24.7 Å². The first-order valence-electron chi connectivity index (χ1n) is 10.4. The molecular formula is C28H22N2P-. The molecule has 0 aromatic heterocycles. The Morgan fingerprint density at radius 1 is 0.710 bits per heavy atom. The van der Waals surface area contributed by atoms with Crippen molar-refractivity contribution in [3.05, 3.63) is 149 Å². The van der Waals surface area contributed by atoms with Crippen molar-refractivity contribution in [3.8, 4) is 0 Å². The Labute approximate surface area is 184 Å². The Morgan fingerprint density at radius 3 is 1.90 bits per heavy atom. The van der Waals surface area contributed by atoms with E-state index in [4.69, 9.17) is 0 Å². The van der Waals surface area contributed by atoms with Crippen molar-refractivity contribution < 1.29 is 0 Å². The summed E-state index contributed by atoms with van der Waals surface area (Å²) in [7, 11) is -0.703. The molecule has 0 fully saturated rings. The molecule has 0 spiro atoms. The molecule has 150 valence electrons. The molecule has 1 aliphatic heterocycles. The standard InChI is InChI=1S/C28H22N2P/c1-4-12-22(13-5-1)27(25-18-10-19-26(25)28-29-20-11-21-30-28)31(23-14-6-2-7-15-23)24-16-8-3-9-17-24/h1-21,27H/q-1/t27-/m1/s1. The van der Waals surface area contributed by atoms with Crippen LogP contribution in [0.15, 0.2) is 143 Å². The summed E-state index contributed by atoms with van der Waals surface area (Å²) in [5.74, 6) is 0.777. The van der Waals surface area contributed by atoms with Crippen LogP contribution in [0.1, 0.15) is 11.2 Å². The first-order valence-corrected chi connectivity index (χ1v) is 11.8. The molecule has 2 nitrogen and oxygen atoms in total. The summed E-state index contributed by atoms with van der Waals surface area (Å²) in [4.78, 5) is 4.56. The molecule has 1 aliphatic carbocycles. The minimum atomic E-state index is -0.703. The van der Waals surface area contributed by atoms with Gasteiger partial charge in [-0.2, -0.15) is 0 Å². The molecule has 1 heterocycles. The van der Waals surface area contributed by atoms with Gasteiger partial charge in [-0.1, -0.05) is 134 Å². The van der Waals surface area contributed by atoms with Crippen LogP contribution in [0, 0.1) is 0 Å². The van der Waals surface area contributed by atoms with Crippen molar-refractivity contribution in [2.45, 2.75) is 5.66 Å². The molecule has 1 atom stereocenters. The van der Waals surface area contributed by atoms with Crippen LogP contribution in [0.3, 0.4) is 0 Å². The number of allylic oxidation sites excluding steroid dienone is 6. The van der Waals surface area contributed by atoms with Gasteiger partial charge in [-0.3, -0.25) is 0 Å². The summed E-state index contributed by atoms with van der Waals surface area (Å²) in [6.45, 7) is 0. The van der Waals surface area contributed by atoms with E-state index in [9.17, 15) is 0 Å². The predicted molar refractivity (Wildman–Crippen MR) is 133 cm³/mol. The van der Waals surface area contributed by atoms with E-state index in [0.29, 0.717) is 0 Å². The highest BCUT2D eigenvalue weighted by atomic mass is 31.1. The third-order valence-electron chi connectivity index (χ3n) is 5.39. The summed E-state index contributed by atoms with van der Waals surface area (Å²) >= 11 is 0. The highest BCUT2D eigenvalue weighted by Gasteiger charge is 2.31. The Hall–Kier alpha value is -3.48. The highest BCUT2D eigenvalue weighted by molar-refractivity contribution is 7.73. The molecule has 0 unspecified atom stereocenters. The number of hydrogen-bond donors (Lipinski definition) is 0. The van der Waals surface area contributed by atoms with E-state index in [1.807, 2.05) is 18.5 Å². The zero-order valence-electron chi connectivity index (χ0n) is 17.0. The summed E-state index contributed by atoms with van der Waals surface area (Å²) in [6, 6.07) is 32.6. The third-order valence-corrected chi connectivity index (χ3v) is 8.19. The van der Waals surface area contributed by atoms with Gasteiger partial charge in [-0.05, 0) is 35.2 Å². The van der Waals surface area contributed by atoms with Crippen molar-refractivity contribution in [1.29, 1.82) is 0 Å². The second-order valence-electron chi connectivity index (χ2n) is 7.32. The first kappa shape index (κ1) is 19.5. The van der Waals surface area contributed by atoms with Crippen molar-refractivity contribution in [3.63, 3.8) is 0 Å². The summed E-state index contributed by atoms with van der Waals surface area (Å²) in [5.41, 5.74) is 3.88. The van der Waals surface area contributed by atoms with Gasteiger partial charge in [0.15, 0.2) is 0 Å². The molecule has 0 saturated heterocycles. The van der Waals surface area contributed by atoms with E-state index in [1.54, 1.807) is 0 Å². The summed E-state index contributed by atoms with van der Waals surface area (Å²) in [6.07, 6.45) is 12.0. The van der Waals surface area contributed by atoms with E-state index >= 15 is 0 Å². The molecule has 0 bridgehead atoms. The fourth-order valence-corrected chi connectivity index (χ4v) is 6.90. The normalized spacial score (nSPS) is 18.2. The van der Waals surface area contributed by atoms with Crippen LogP contribution in [-0.2, 0) is 0 Å². The zero-order valence-corrected chi connectivity index (χ0v) is 17.9. The topological polar surface area (TPSA) is 26.5 Å². The van der Waals surface area contributed by atoms with Crippen molar-refractivity contribution in [2.75, 3.05) is 0 Å². The van der Waals surface area contributed by atoms with Crippen LogP contribution in [0.5, 0.6) is 0 Å². The summed E-state index contributed by atoms with van der Waals surface area (Å²) < 4.78 is 0. The molecule has 0 N–H and O–H groups in total. The van der Waals surface area contributed by atoms with Crippen LogP contribution in [0.4, 0.5) is 0 Å². The van der Waals surface area contributed by atoms with Gasteiger partial charge in [0.25, 0.3) is 0 Å². The van der Waals surface area contributed by atoms with Crippen LogP contribution in [-0.4, -0.2) is 6.21 Å². The SMILES string of the molecule is C1=C[N-]/C(=C2\C=CC=C2[C@@H](c2ccccc2)P(c2ccccc2)c2ccccc2)N=C1. The molecule has 0 amide bonds. The van der Waals surface area contributed by atoms with Crippen LogP contribution >= 0.6 is 7.92 Å². The maximum Gasteiger partial charge on any atom is 0.0378 e. The number of rotatable bonds is 5. The van der Waals surface area contributed by atoms with Gasteiger partial charge >= 0.3 is 0 Å². The average Bonchev–Trinajstić information content (AvgIpc) is 3.34. The molecule has 5 rings (SSSR count). The highest BCUT2D eigenvalue weighted by Crippen LogP contribution is 2.56. The van der Waals surface area contributed by atoms with E-state index in [-0.39, 0.29) is 5.66 Å². The minimum absolute atomic E-state index is 0.190. The van der Waals surface area contributed by atoms with E-state index in [0.717, 1.165) is 11.4 Å². The maximum atomic E-state index is 4.56. The molecule has 0 radical (unpaired) electrons. The Morgan fingerprint density at radius 2 is 1.32 bits per heavy atom. The number of benzene rings is 3. The van der Waals surface area contributed by atoms with Gasteiger partial charge in [0.2, 0.25) is 0 Å². The lowest BCUT2D eigenvalue weighted by atomic mass is 9.99. The number of nitrogens with zero attached hydrogens (tertiary/aromatic N) is 2. The van der Waals surface area contributed by atoms with E-state index < -0.39 is 7.92 Å². The quantitative estimate of drug-likeness (QED) is 0.422. The predicted octanol–water partition coefficient (Wildman–Crippen LogP) is 6.54. The maximum absolute atomic E-state index is 4.56. The fourth-order valence-electron chi connectivity index (χ4n) is 4.04. The monoisotopic (exact) mass is 417 g/mol. The van der Waals surface area contributed by atoms with Crippen molar-refractivity contribution in [1.82, 2.24) is 0 Å². The molecule has 3 aromatic carbocycles. The van der Waals surface area contributed by atoms with Crippen LogP contribution < -0.4 is 10.6 Å². The lowest BCUT2D eigenvalue weighted by molar-refractivity contribution is 1.11. The van der Waals surface area contributed by atoms with Gasteiger partial charge in [-0.25, -0.2) is 0 Å². The molecule has 3 heteroatoms. The van der Waals surface area contributed by atoms with Crippen molar-refractivity contribution in [2.24, 2.45) is 4.99 Å².